The molecule has 5 nitrogen and oxygen atoms in total. The lowest BCUT2D eigenvalue weighted by Gasteiger charge is -2.11. The van der Waals surface area contributed by atoms with Gasteiger partial charge in [0.15, 0.2) is 5.13 Å². The molecule has 0 fully saturated rings. The number of hydrogen-bond donors (Lipinski definition) is 3. The molecule has 0 saturated carbocycles. The first-order valence-electron chi connectivity index (χ1n) is 15.5. The van der Waals surface area contributed by atoms with E-state index in [0.717, 1.165) is 0 Å². The van der Waals surface area contributed by atoms with E-state index in [9.17, 15) is 9.90 Å². The molecule has 29 heavy (non-hydrogen) atoms. The molecule has 0 radical (unpaired) electrons. The number of thiazole rings is 1. The summed E-state index contributed by atoms with van der Waals surface area (Å²) in [5, 5.41) is 12.3. The molecule has 0 aliphatic rings. The highest BCUT2D eigenvalue weighted by molar-refractivity contribution is 7.13. The highest BCUT2D eigenvalue weighted by atomic mass is 32.1. The molecule has 2 aromatic carbocycles. The van der Waals surface area contributed by atoms with Crippen molar-refractivity contribution in [3.8, 4) is 0 Å². The Labute approximate surface area is 195 Å². The van der Waals surface area contributed by atoms with Crippen LogP contribution in [0, 0.1) is 6.92 Å². The molecule has 1 heterocycles. The Morgan fingerprint density at radius 2 is 2.14 bits per heavy atom. The molecule has 3 aromatic rings. The topological polar surface area (TPSA) is 88.2 Å². The summed E-state index contributed by atoms with van der Waals surface area (Å²) in [4.78, 5) is 16.4. The molecule has 4 N–H and O–H groups in total. The molecule has 0 aliphatic heterocycles. The van der Waals surface area contributed by atoms with Gasteiger partial charge in [0.25, 0.3) is 0 Å². The van der Waals surface area contributed by atoms with Gasteiger partial charge in [0.05, 0.1) is 31.9 Å². The second kappa shape index (κ2) is 10.2. The van der Waals surface area contributed by atoms with Crippen LogP contribution in [0.3, 0.4) is 0 Å². The van der Waals surface area contributed by atoms with Crippen LogP contribution in [0.4, 0.5) is 10.8 Å². The first-order valence-corrected chi connectivity index (χ1v) is 9.35. The fourth-order valence-electron chi connectivity index (χ4n) is 2.20. The van der Waals surface area contributed by atoms with Crippen LogP contribution in [0.15, 0.2) is 53.7 Å². The smallest absolute Gasteiger partial charge is 0.230 e. The number of hydrogen-bond acceptors (Lipinski definition) is 5. The van der Waals surface area contributed by atoms with Crippen molar-refractivity contribution in [1.82, 2.24) is 4.98 Å². The van der Waals surface area contributed by atoms with Crippen LogP contribution in [0.25, 0.3) is 0 Å². The third-order valence-electron chi connectivity index (χ3n) is 3.50. The number of nitrogens with two attached hydrogens (primary N) is 1. The number of carbonyl (C=O) groups is 1. The third-order valence-corrected chi connectivity index (χ3v) is 4.10. The molecule has 0 unspecified atom stereocenters. The third kappa shape index (κ3) is 6.69. The number of rotatable bonds is 9. The van der Waals surface area contributed by atoms with Crippen molar-refractivity contribution in [3.05, 3.63) is 76.1 Å². The van der Waals surface area contributed by atoms with Crippen molar-refractivity contribution in [2.45, 2.75) is 45.0 Å². The number of nitrogen functional groups attached to an aromatic ring is 1. The quantitative estimate of drug-likeness (QED) is 0.467. The first-order chi connectivity index (χ1) is 19.6. The Kier molecular flexibility index (Phi) is 3.30. The zero-order chi connectivity index (χ0) is 33.0. The minimum atomic E-state index is -3.18. The first kappa shape index (κ1) is 9.41. The maximum Gasteiger partial charge on any atom is 0.230 e. The van der Waals surface area contributed by atoms with Crippen molar-refractivity contribution >= 4 is 28.1 Å². The highest BCUT2D eigenvalue weighted by Gasteiger charge is 2.08. The maximum absolute atomic E-state index is 12.7. The molecule has 0 aliphatic carbocycles. The van der Waals surface area contributed by atoms with Gasteiger partial charge in [-0.1, -0.05) is 48.2 Å². The van der Waals surface area contributed by atoms with Crippen molar-refractivity contribution in [1.29, 1.82) is 0 Å². The van der Waals surface area contributed by atoms with Crippen molar-refractivity contribution in [3.63, 3.8) is 0 Å². The second-order valence-corrected chi connectivity index (χ2v) is 6.64. The summed E-state index contributed by atoms with van der Waals surface area (Å²) in [7, 11) is 0. The molecule has 0 saturated heterocycles. The number of amides is 1. The molecular weight excluding hydrogens is 382 g/mol. The number of nitrogens with one attached hydrogen (secondary N) is 1. The summed E-state index contributed by atoms with van der Waals surface area (Å²) in [6.07, 6.45) is -10.0. The average molecular weight is 424 g/mol. The Morgan fingerprint density at radius 1 is 1.34 bits per heavy atom. The fraction of sp³-hybridized carbons (Fsp3) is 0.304. The normalized spacial score (nSPS) is 20.9. The summed E-state index contributed by atoms with van der Waals surface area (Å²) in [6, 6.07) is -5.26. The van der Waals surface area contributed by atoms with Crippen LogP contribution in [-0.4, -0.2) is 16.0 Å². The summed E-state index contributed by atoms with van der Waals surface area (Å²) in [6.45, 7) is 1.28. The predicted octanol–water partition coefficient (Wildman–Crippen LogP) is 4.66. The molecule has 0 bridgehead atoms. The monoisotopic (exact) mass is 423 g/mol. The number of aliphatic hydroxyl groups is 1. The SMILES string of the molecule is [2H]c1sc(N)nc1C([2H])([2H])C(=O)Nc1c([2H])c([2H])c(CCCC([2H])([2H])[C@]([2H])(O)c2c([2H])c([2H])c([2H])c(C)c2[2H])c([2H])c1[2H]. The number of benzene rings is 2. The molecular formula is C23H27N3O2S. The molecule has 3 rings (SSSR count). The lowest BCUT2D eigenvalue weighted by atomic mass is 10.00. The van der Waals surface area contributed by atoms with E-state index in [1.807, 2.05) is 5.32 Å². The van der Waals surface area contributed by atoms with Gasteiger partial charge in [0.1, 0.15) is 0 Å². The van der Waals surface area contributed by atoms with Gasteiger partial charge in [-0.25, -0.2) is 4.98 Å². The number of aromatic nitrogens is 1. The van der Waals surface area contributed by atoms with E-state index in [2.05, 4.69) is 4.98 Å². The van der Waals surface area contributed by atoms with Crippen molar-refractivity contribution in [2.75, 3.05) is 11.1 Å². The minimum absolute atomic E-state index is 0.114. The van der Waals surface area contributed by atoms with Crippen molar-refractivity contribution < 1.29 is 29.1 Å². The van der Waals surface area contributed by atoms with Gasteiger partial charge < -0.3 is 16.2 Å². The standard InChI is InChI=1S/C23H27N3O2S/c1-16-5-4-7-18(13-16)21(27)8-3-2-6-17-9-11-19(12-10-17)25-22(28)14-20-15-29-23(24)26-20/h4-5,7,9-13,15,21,27H,2-3,6,8,14H2,1H3,(H2,24,26)(H,25,28)/t21-/m0/s1/i4D,5D,7D,8D2,9D,10D,11D,12D,13D,14D2,15D,21D. The lowest BCUT2D eigenvalue weighted by Crippen LogP contribution is -2.14. The van der Waals surface area contributed by atoms with E-state index in [1.165, 1.54) is 6.92 Å². The minimum Gasteiger partial charge on any atom is -0.388 e. The van der Waals surface area contributed by atoms with Crippen LogP contribution in [0.5, 0.6) is 0 Å². The van der Waals surface area contributed by atoms with Crippen molar-refractivity contribution in [2.24, 2.45) is 0 Å². The van der Waals surface area contributed by atoms with Crippen LogP contribution < -0.4 is 11.1 Å². The van der Waals surface area contributed by atoms with Crippen LogP contribution in [0.2, 0.25) is 0 Å². The van der Waals surface area contributed by atoms with Crippen LogP contribution >= 0.6 is 11.3 Å². The summed E-state index contributed by atoms with van der Waals surface area (Å²) in [5.41, 5.74) is 3.19. The average Bonchev–Trinajstić information content (AvgIpc) is 3.27. The second-order valence-electron chi connectivity index (χ2n) is 5.81. The van der Waals surface area contributed by atoms with Crippen LogP contribution in [0.1, 0.15) is 66.9 Å². The van der Waals surface area contributed by atoms with Gasteiger partial charge in [-0.15, -0.1) is 11.3 Å². The molecule has 152 valence electrons. The zero-order valence-electron chi connectivity index (χ0n) is 29.4. The molecule has 0 spiro atoms. The molecule has 6 heteroatoms. The Morgan fingerprint density at radius 3 is 2.86 bits per heavy atom. The van der Waals surface area contributed by atoms with Gasteiger partial charge in [0.2, 0.25) is 5.91 Å². The number of anilines is 2. The zero-order valence-corrected chi connectivity index (χ0v) is 16.2. The van der Waals surface area contributed by atoms with E-state index in [-0.39, 0.29) is 29.1 Å². The summed E-state index contributed by atoms with van der Waals surface area (Å²) >= 11 is 0.636. The van der Waals surface area contributed by atoms with E-state index in [0.29, 0.717) is 11.3 Å². The van der Waals surface area contributed by atoms with E-state index in [4.69, 9.17) is 24.9 Å². The van der Waals surface area contributed by atoms with Gasteiger partial charge in [-0.2, -0.15) is 0 Å². The fourth-order valence-corrected chi connectivity index (χ4v) is 2.64. The Hall–Kier alpha value is -2.70. The number of nitrogens with zero attached hydrogens (tertiary/aromatic N) is 1. The predicted molar refractivity (Wildman–Crippen MR) is 119 cm³/mol. The summed E-state index contributed by atoms with van der Waals surface area (Å²) in [5.74, 6) is -1.41. The van der Waals surface area contributed by atoms with E-state index >= 15 is 0 Å². The maximum atomic E-state index is 12.7. The molecule has 1 aromatic heterocycles. The molecule has 1 atom stereocenters. The van der Waals surface area contributed by atoms with Gasteiger partial charge >= 0.3 is 0 Å². The van der Waals surface area contributed by atoms with Gasteiger partial charge in [-0.05, 0) is 49.4 Å². The van der Waals surface area contributed by atoms with Gasteiger partial charge in [0, 0.05) is 16.5 Å². The van der Waals surface area contributed by atoms with E-state index in [1.54, 1.807) is 0 Å². The Balaban J connectivity index is 1.86. The molecule has 1 amide bonds. The van der Waals surface area contributed by atoms with E-state index < -0.39 is 102 Å². The van der Waals surface area contributed by atoms with Crippen LogP contribution in [-0.2, 0) is 17.6 Å². The lowest BCUT2D eigenvalue weighted by molar-refractivity contribution is -0.115. The highest BCUT2D eigenvalue weighted by Crippen LogP contribution is 2.21. The Bertz CT molecular complexity index is 1550. The van der Waals surface area contributed by atoms with Gasteiger partial charge in [-0.3, -0.25) is 4.79 Å². The summed E-state index contributed by atoms with van der Waals surface area (Å²) < 4.78 is 114. The number of carbonyl (C=O) groups excluding carboxylic acids is 1. The largest absolute Gasteiger partial charge is 0.388 e.